The fourth-order valence-corrected chi connectivity index (χ4v) is 2.87. The Bertz CT molecular complexity index is 585. The molecular weight excluding hydrogens is 334 g/mol. The summed E-state index contributed by atoms with van der Waals surface area (Å²) in [5, 5.41) is 7.40. The first kappa shape index (κ1) is 14.7. The highest BCUT2D eigenvalue weighted by Gasteiger charge is 2.30. The fourth-order valence-electron chi connectivity index (χ4n) is 2.60. The fraction of sp³-hybridized carbons (Fsp3) is 0.467. The van der Waals surface area contributed by atoms with Crippen LogP contribution >= 0.6 is 15.9 Å². The van der Waals surface area contributed by atoms with Gasteiger partial charge < -0.3 is 14.6 Å². The van der Waals surface area contributed by atoms with Crippen molar-refractivity contribution in [1.29, 1.82) is 0 Å². The second-order valence-electron chi connectivity index (χ2n) is 5.22. The quantitative estimate of drug-likeness (QED) is 0.916. The van der Waals surface area contributed by atoms with E-state index in [0.717, 1.165) is 23.1 Å². The molecule has 6 heteroatoms. The Kier molecular flexibility index (Phi) is 4.67. The van der Waals surface area contributed by atoms with Crippen LogP contribution in [0.1, 0.15) is 29.6 Å². The van der Waals surface area contributed by atoms with Gasteiger partial charge in [0.25, 0.3) is 0 Å². The molecule has 112 valence electrons. The summed E-state index contributed by atoms with van der Waals surface area (Å²) in [6.45, 7) is 1.41. The number of nitrogens with one attached hydrogen (secondary N) is 1. The van der Waals surface area contributed by atoms with E-state index >= 15 is 0 Å². The Morgan fingerprint density at radius 2 is 2.14 bits per heavy atom. The standard InChI is InChI=1S/C15H18BrN3O2/c1-17-13-6-7-20-9-12(13)15-18-14(19-21-15)8-10-2-4-11(16)5-3-10/h2-5,12-13,17H,6-9H2,1H3. The van der Waals surface area contributed by atoms with E-state index in [1.807, 2.05) is 19.2 Å². The van der Waals surface area contributed by atoms with Crippen molar-refractivity contribution in [2.75, 3.05) is 20.3 Å². The number of hydrogen-bond acceptors (Lipinski definition) is 5. The van der Waals surface area contributed by atoms with Crippen molar-refractivity contribution in [3.05, 3.63) is 46.0 Å². The zero-order valence-electron chi connectivity index (χ0n) is 11.9. The van der Waals surface area contributed by atoms with E-state index in [-0.39, 0.29) is 5.92 Å². The lowest BCUT2D eigenvalue weighted by Crippen LogP contribution is -2.39. The van der Waals surface area contributed by atoms with Crippen LogP contribution in [-0.2, 0) is 11.2 Å². The van der Waals surface area contributed by atoms with E-state index in [0.29, 0.717) is 30.8 Å². The third kappa shape index (κ3) is 3.51. The van der Waals surface area contributed by atoms with E-state index in [4.69, 9.17) is 9.26 Å². The molecule has 5 nitrogen and oxygen atoms in total. The molecule has 0 spiro atoms. The van der Waals surface area contributed by atoms with Gasteiger partial charge in [-0.05, 0) is 31.2 Å². The van der Waals surface area contributed by atoms with Gasteiger partial charge in [0, 0.05) is 23.5 Å². The van der Waals surface area contributed by atoms with Gasteiger partial charge in [-0.25, -0.2) is 0 Å². The Morgan fingerprint density at radius 1 is 1.33 bits per heavy atom. The van der Waals surface area contributed by atoms with Crippen molar-refractivity contribution >= 4 is 15.9 Å². The van der Waals surface area contributed by atoms with Crippen molar-refractivity contribution in [1.82, 2.24) is 15.5 Å². The van der Waals surface area contributed by atoms with Crippen LogP contribution in [0.2, 0.25) is 0 Å². The van der Waals surface area contributed by atoms with E-state index in [1.54, 1.807) is 0 Å². The Morgan fingerprint density at radius 3 is 2.90 bits per heavy atom. The Labute approximate surface area is 132 Å². The molecule has 1 aromatic heterocycles. The van der Waals surface area contributed by atoms with Crippen molar-refractivity contribution in [2.24, 2.45) is 0 Å². The number of halogens is 1. The smallest absolute Gasteiger partial charge is 0.233 e. The molecule has 1 saturated heterocycles. The highest BCUT2D eigenvalue weighted by molar-refractivity contribution is 9.10. The van der Waals surface area contributed by atoms with Gasteiger partial charge in [-0.2, -0.15) is 4.98 Å². The minimum atomic E-state index is 0.134. The van der Waals surface area contributed by atoms with Gasteiger partial charge in [-0.1, -0.05) is 33.2 Å². The third-order valence-corrected chi connectivity index (χ3v) is 4.33. The highest BCUT2D eigenvalue weighted by Crippen LogP contribution is 2.25. The molecule has 1 aliphatic rings. The maximum Gasteiger partial charge on any atom is 0.233 e. The van der Waals surface area contributed by atoms with E-state index in [2.05, 4.69) is 43.5 Å². The molecule has 0 aliphatic carbocycles. The second-order valence-corrected chi connectivity index (χ2v) is 6.13. The van der Waals surface area contributed by atoms with Gasteiger partial charge in [-0.3, -0.25) is 0 Å². The average molecular weight is 352 g/mol. The molecule has 0 saturated carbocycles. The first-order chi connectivity index (χ1) is 10.3. The average Bonchev–Trinajstić information content (AvgIpc) is 2.98. The number of nitrogens with zero attached hydrogens (tertiary/aromatic N) is 2. The van der Waals surface area contributed by atoms with E-state index < -0.39 is 0 Å². The number of ether oxygens (including phenoxy) is 1. The minimum absolute atomic E-state index is 0.134. The number of rotatable bonds is 4. The highest BCUT2D eigenvalue weighted by atomic mass is 79.9. The van der Waals surface area contributed by atoms with Gasteiger partial charge >= 0.3 is 0 Å². The molecule has 0 bridgehead atoms. The third-order valence-electron chi connectivity index (χ3n) is 3.80. The second kappa shape index (κ2) is 6.68. The summed E-state index contributed by atoms with van der Waals surface area (Å²) in [6.07, 6.45) is 1.64. The summed E-state index contributed by atoms with van der Waals surface area (Å²) in [7, 11) is 1.96. The van der Waals surface area contributed by atoms with Crippen LogP contribution in [0.5, 0.6) is 0 Å². The maximum atomic E-state index is 5.54. The summed E-state index contributed by atoms with van der Waals surface area (Å²) >= 11 is 3.43. The van der Waals surface area contributed by atoms with Gasteiger partial charge in [-0.15, -0.1) is 0 Å². The first-order valence-corrected chi connectivity index (χ1v) is 7.87. The molecule has 0 radical (unpaired) electrons. The van der Waals surface area contributed by atoms with Crippen molar-refractivity contribution in [3.63, 3.8) is 0 Å². The van der Waals surface area contributed by atoms with Crippen LogP contribution in [0.15, 0.2) is 33.3 Å². The predicted octanol–water partition coefficient (Wildman–Crippen LogP) is 2.51. The van der Waals surface area contributed by atoms with Crippen molar-refractivity contribution < 1.29 is 9.26 Å². The molecule has 0 amide bonds. The lowest BCUT2D eigenvalue weighted by molar-refractivity contribution is 0.0516. The summed E-state index contributed by atoms with van der Waals surface area (Å²) in [5.74, 6) is 1.52. The molecule has 1 aliphatic heterocycles. The zero-order valence-corrected chi connectivity index (χ0v) is 13.5. The van der Waals surface area contributed by atoms with Gasteiger partial charge in [0.2, 0.25) is 5.89 Å². The summed E-state index contributed by atoms with van der Waals surface area (Å²) in [6, 6.07) is 8.48. The van der Waals surface area contributed by atoms with E-state index in [9.17, 15) is 0 Å². The summed E-state index contributed by atoms with van der Waals surface area (Å²) in [5.41, 5.74) is 1.16. The molecule has 2 atom stereocenters. The van der Waals surface area contributed by atoms with Gasteiger partial charge in [0.1, 0.15) is 0 Å². The zero-order chi connectivity index (χ0) is 14.7. The van der Waals surface area contributed by atoms with Crippen molar-refractivity contribution in [2.45, 2.75) is 24.8 Å². The predicted molar refractivity (Wildman–Crippen MR) is 82.3 cm³/mol. The lowest BCUT2D eigenvalue weighted by Gasteiger charge is -2.28. The Hall–Kier alpha value is -1.24. The number of hydrogen-bond donors (Lipinski definition) is 1. The van der Waals surface area contributed by atoms with Crippen LogP contribution < -0.4 is 5.32 Å². The molecule has 2 aromatic rings. The molecular formula is C15H18BrN3O2. The monoisotopic (exact) mass is 351 g/mol. The maximum absolute atomic E-state index is 5.54. The largest absolute Gasteiger partial charge is 0.381 e. The Balaban J connectivity index is 1.72. The van der Waals surface area contributed by atoms with Crippen LogP contribution in [-0.4, -0.2) is 36.4 Å². The summed E-state index contributed by atoms with van der Waals surface area (Å²) in [4.78, 5) is 4.54. The molecule has 1 fully saturated rings. The molecule has 1 aromatic carbocycles. The van der Waals surface area contributed by atoms with Crippen LogP contribution in [0, 0.1) is 0 Å². The van der Waals surface area contributed by atoms with Crippen LogP contribution in [0.3, 0.4) is 0 Å². The van der Waals surface area contributed by atoms with Crippen molar-refractivity contribution in [3.8, 4) is 0 Å². The topological polar surface area (TPSA) is 60.2 Å². The molecule has 2 heterocycles. The number of likely N-dealkylation sites (N-methyl/N-ethyl adjacent to an activating group) is 1. The lowest BCUT2D eigenvalue weighted by atomic mass is 9.96. The minimum Gasteiger partial charge on any atom is -0.381 e. The number of benzene rings is 1. The normalized spacial score (nSPS) is 22.4. The molecule has 3 rings (SSSR count). The van der Waals surface area contributed by atoms with Gasteiger partial charge in [0.05, 0.1) is 12.5 Å². The van der Waals surface area contributed by atoms with Crippen LogP contribution in [0.4, 0.5) is 0 Å². The number of aromatic nitrogens is 2. The molecule has 1 N–H and O–H groups in total. The van der Waals surface area contributed by atoms with E-state index in [1.165, 1.54) is 0 Å². The SMILES string of the molecule is CNC1CCOCC1c1nc(Cc2ccc(Br)cc2)no1. The van der Waals surface area contributed by atoms with Gasteiger partial charge in [0.15, 0.2) is 5.82 Å². The summed E-state index contributed by atoms with van der Waals surface area (Å²) < 4.78 is 12.0. The first-order valence-electron chi connectivity index (χ1n) is 7.08. The molecule has 2 unspecified atom stereocenters. The molecule has 21 heavy (non-hydrogen) atoms. The van der Waals surface area contributed by atoms with Crippen LogP contribution in [0.25, 0.3) is 0 Å².